The number of nitrogens with one attached hydrogen (secondary N) is 1. The Labute approximate surface area is 128 Å². The lowest BCUT2D eigenvalue weighted by molar-refractivity contribution is 0.127. The van der Waals surface area contributed by atoms with Crippen molar-refractivity contribution in [3.8, 4) is 0 Å². The summed E-state index contributed by atoms with van der Waals surface area (Å²) in [5.74, 6) is 0. The van der Waals surface area contributed by atoms with E-state index in [2.05, 4.69) is 5.32 Å². The predicted octanol–water partition coefficient (Wildman–Crippen LogP) is 2.13. The molecule has 3 heterocycles. The van der Waals surface area contributed by atoms with E-state index in [1.165, 1.54) is 0 Å². The van der Waals surface area contributed by atoms with E-state index in [-0.39, 0.29) is 18.1 Å². The van der Waals surface area contributed by atoms with Crippen molar-refractivity contribution in [1.29, 1.82) is 0 Å². The Hall–Kier alpha value is -1.11. The van der Waals surface area contributed by atoms with Gasteiger partial charge in [0.15, 0.2) is 0 Å². The minimum Gasteiger partial charge on any atom is -0.387 e. The molecule has 0 aliphatic carbocycles. The normalized spacial score (nSPS) is 27.0. The first-order valence-corrected chi connectivity index (χ1v) is 8.48. The number of carbonyl (C=O) groups excluding carboxylic acids is 1. The molecule has 2 fully saturated rings. The van der Waals surface area contributed by atoms with Crippen molar-refractivity contribution in [2.45, 2.75) is 43.9 Å². The lowest BCUT2D eigenvalue weighted by atomic mass is 10.1. The quantitative estimate of drug-likeness (QED) is 0.895. The second-order valence-corrected chi connectivity index (χ2v) is 6.75. The van der Waals surface area contributed by atoms with Crippen LogP contribution in [-0.2, 0) is 4.74 Å². The number of hydrogen-bond acceptors (Lipinski definition) is 4. The molecule has 1 aromatic rings. The smallest absolute Gasteiger partial charge is 0.317 e. The molecule has 2 aliphatic rings. The van der Waals surface area contributed by atoms with Crippen LogP contribution in [0.3, 0.4) is 0 Å². The minimum atomic E-state index is -0.474. The number of ether oxygens (including phenoxy) is 1. The third-order valence-corrected chi connectivity index (χ3v) is 5.24. The van der Waals surface area contributed by atoms with E-state index in [1.54, 1.807) is 11.3 Å². The molecule has 2 aliphatic heterocycles. The summed E-state index contributed by atoms with van der Waals surface area (Å²) in [5.41, 5.74) is 0. The molecular formula is C15H22N2O3S. The molecule has 1 aromatic heterocycles. The summed E-state index contributed by atoms with van der Waals surface area (Å²) in [6.45, 7) is 2.12. The maximum absolute atomic E-state index is 12.4. The molecule has 3 unspecified atom stereocenters. The van der Waals surface area contributed by atoms with E-state index >= 15 is 0 Å². The topological polar surface area (TPSA) is 61.8 Å². The van der Waals surface area contributed by atoms with Gasteiger partial charge < -0.3 is 20.1 Å². The fourth-order valence-electron chi connectivity index (χ4n) is 3.11. The number of hydrogen-bond donors (Lipinski definition) is 2. The van der Waals surface area contributed by atoms with Crippen molar-refractivity contribution >= 4 is 17.4 Å². The van der Waals surface area contributed by atoms with Gasteiger partial charge in [0.25, 0.3) is 0 Å². The van der Waals surface area contributed by atoms with E-state index in [1.807, 2.05) is 22.4 Å². The monoisotopic (exact) mass is 310 g/mol. The number of amides is 2. The maximum Gasteiger partial charge on any atom is 0.317 e. The van der Waals surface area contributed by atoms with Crippen molar-refractivity contribution in [2.24, 2.45) is 0 Å². The summed E-state index contributed by atoms with van der Waals surface area (Å²) in [5, 5.41) is 15.3. The Bertz CT molecular complexity index is 459. The van der Waals surface area contributed by atoms with Gasteiger partial charge in [0.1, 0.15) is 0 Å². The number of thiophene rings is 1. The zero-order valence-electron chi connectivity index (χ0n) is 12.0. The Morgan fingerprint density at radius 3 is 3.19 bits per heavy atom. The third-order valence-electron chi connectivity index (χ3n) is 4.26. The first-order valence-electron chi connectivity index (χ1n) is 7.60. The molecule has 5 nitrogen and oxygen atoms in total. The zero-order valence-corrected chi connectivity index (χ0v) is 12.8. The van der Waals surface area contributed by atoms with E-state index in [0.717, 1.165) is 37.3 Å². The van der Waals surface area contributed by atoms with Crippen LogP contribution in [0.1, 0.15) is 36.7 Å². The number of urea groups is 1. The van der Waals surface area contributed by atoms with E-state index < -0.39 is 6.10 Å². The molecule has 3 atom stereocenters. The van der Waals surface area contributed by atoms with E-state index in [9.17, 15) is 9.90 Å². The number of likely N-dealkylation sites (tertiary alicyclic amines) is 1. The van der Waals surface area contributed by atoms with Gasteiger partial charge in [-0.05, 0) is 37.1 Å². The maximum atomic E-state index is 12.4. The SMILES string of the molecule is O=C(NC1CCOC1)N1CCCC1CC(O)c1cccs1. The molecule has 3 rings (SSSR count). The number of carbonyl (C=O) groups is 1. The van der Waals surface area contributed by atoms with Crippen LogP contribution in [0.25, 0.3) is 0 Å². The lowest BCUT2D eigenvalue weighted by Gasteiger charge is -2.27. The zero-order chi connectivity index (χ0) is 14.7. The van der Waals surface area contributed by atoms with Crippen LogP contribution in [0.2, 0.25) is 0 Å². The number of nitrogens with zero attached hydrogens (tertiary/aromatic N) is 1. The average molecular weight is 310 g/mol. The van der Waals surface area contributed by atoms with Gasteiger partial charge >= 0.3 is 6.03 Å². The molecule has 0 bridgehead atoms. The first-order chi connectivity index (χ1) is 10.2. The van der Waals surface area contributed by atoms with Crippen LogP contribution in [0, 0.1) is 0 Å². The van der Waals surface area contributed by atoms with Crippen LogP contribution in [-0.4, -0.2) is 47.9 Å². The fraction of sp³-hybridized carbons (Fsp3) is 0.667. The molecule has 2 N–H and O–H groups in total. The highest BCUT2D eigenvalue weighted by Crippen LogP contribution is 2.29. The summed E-state index contributed by atoms with van der Waals surface area (Å²) in [6, 6.07) is 4.16. The van der Waals surface area contributed by atoms with Gasteiger partial charge in [-0.3, -0.25) is 0 Å². The first kappa shape index (κ1) is 14.8. The molecule has 2 saturated heterocycles. The minimum absolute atomic E-state index is 0.00798. The van der Waals surface area contributed by atoms with Gasteiger partial charge in [-0.2, -0.15) is 0 Å². The number of rotatable bonds is 4. The molecule has 21 heavy (non-hydrogen) atoms. The predicted molar refractivity (Wildman–Crippen MR) is 81.4 cm³/mol. The van der Waals surface area contributed by atoms with Crippen LogP contribution in [0.15, 0.2) is 17.5 Å². The van der Waals surface area contributed by atoms with Gasteiger partial charge in [-0.1, -0.05) is 6.07 Å². The summed E-state index contributed by atoms with van der Waals surface area (Å²) in [6.07, 6.45) is 3.02. The summed E-state index contributed by atoms with van der Waals surface area (Å²) in [7, 11) is 0. The molecular weight excluding hydrogens is 288 g/mol. The van der Waals surface area contributed by atoms with Crippen LogP contribution in [0.4, 0.5) is 4.79 Å². The van der Waals surface area contributed by atoms with Gasteiger partial charge in [-0.15, -0.1) is 11.3 Å². The summed E-state index contributed by atoms with van der Waals surface area (Å²) >= 11 is 1.56. The van der Waals surface area contributed by atoms with Gasteiger partial charge in [0, 0.05) is 24.1 Å². The third kappa shape index (κ3) is 3.56. The fourth-order valence-corrected chi connectivity index (χ4v) is 3.83. The highest BCUT2D eigenvalue weighted by Gasteiger charge is 2.32. The number of aliphatic hydroxyl groups excluding tert-OH is 1. The second-order valence-electron chi connectivity index (χ2n) is 5.77. The summed E-state index contributed by atoms with van der Waals surface area (Å²) in [4.78, 5) is 15.2. The summed E-state index contributed by atoms with van der Waals surface area (Å²) < 4.78 is 5.29. The van der Waals surface area contributed by atoms with Crippen molar-refractivity contribution in [3.05, 3.63) is 22.4 Å². The molecule has 6 heteroatoms. The lowest BCUT2D eigenvalue weighted by Crippen LogP contribution is -2.47. The van der Waals surface area contributed by atoms with Crippen molar-refractivity contribution in [3.63, 3.8) is 0 Å². The van der Waals surface area contributed by atoms with Crippen molar-refractivity contribution < 1.29 is 14.6 Å². The van der Waals surface area contributed by atoms with Crippen molar-refractivity contribution in [2.75, 3.05) is 19.8 Å². The molecule has 116 valence electrons. The van der Waals surface area contributed by atoms with E-state index in [0.29, 0.717) is 13.0 Å². The molecule has 0 aromatic carbocycles. The van der Waals surface area contributed by atoms with Crippen LogP contribution < -0.4 is 5.32 Å². The Morgan fingerprint density at radius 2 is 2.48 bits per heavy atom. The molecule has 0 saturated carbocycles. The van der Waals surface area contributed by atoms with E-state index in [4.69, 9.17) is 4.74 Å². The highest BCUT2D eigenvalue weighted by atomic mass is 32.1. The molecule has 0 spiro atoms. The standard InChI is InChI=1S/C15H22N2O3S/c18-13(14-4-2-8-21-14)9-12-3-1-6-17(12)15(19)16-11-5-7-20-10-11/h2,4,8,11-13,18H,1,3,5-7,9-10H2,(H,16,19). The molecule has 0 radical (unpaired) electrons. The van der Waals surface area contributed by atoms with Gasteiger partial charge in [-0.25, -0.2) is 4.79 Å². The largest absolute Gasteiger partial charge is 0.387 e. The Balaban J connectivity index is 1.55. The second kappa shape index (κ2) is 6.77. The van der Waals surface area contributed by atoms with Crippen LogP contribution in [0.5, 0.6) is 0 Å². The van der Waals surface area contributed by atoms with Crippen LogP contribution >= 0.6 is 11.3 Å². The highest BCUT2D eigenvalue weighted by molar-refractivity contribution is 7.10. The number of aliphatic hydroxyl groups is 1. The average Bonchev–Trinajstić information content (AvgIpc) is 3.21. The van der Waals surface area contributed by atoms with Crippen molar-refractivity contribution in [1.82, 2.24) is 10.2 Å². The Morgan fingerprint density at radius 1 is 1.57 bits per heavy atom. The van der Waals surface area contributed by atoms with Gasteiger partial charge in [0.05, 0.1) is 18.8 Å². The van der Waals surface area contributed by atoms with Gasteiger partial charge in [0.2, 0.25) is 0 Å². The molecule has 2 amide bonds. The Kier molecular flexibility index (Phi) is 4.77.